The van der Waals surface area contributed by atoms with E-state index in [9.17, 15) is 28.2 Å². The molecule has 7 aromatic rings. The maximum atomic E-state index is 13.6. The van der Waals surface area contributed by atoms with Gasteiger partial charge in [-0.25, -0.2) is 41.9 Å². The molecule has 0 bridgehead atoms. The van der Waals surface area contributed by atoms with Crippen LogP contribution in [0.15, 0.2) is 109 Å². The van der Waals surface area contributed by atoms with Gasteiger partial charge in [0.2, 0.25) is 11.9 Å². The van der Waals surface area contributed by atoms with Crippen LogP contribution in [0.4, 0.5) is 21.5 Å². The Morgan fingerprint density at radius 3 is 1.60 bits per heavy atom. The number of anilines is 2. The van der Waals surface area contributed by atoms with Crippen LogP contribution in [0, 0.1) is 0 Å². The number of hydrogen-bond donors (Lipinski definition) is 5. The Hall–Kier alpha value is -6.59. The van der Waals surface area contributed by atoms with Crippen molar-refractivity contribution in [1.29, 1.82) is 0 Å². The van der Waals surface area contributed by atoms with Crippen LogP contribution in [-0.4, -0.2) is 179 Å². The standard InChI is InChI=1S/C34H41ClN6O5S.C28H37ClN6O3.CH4/c1-33(2,3)46-32(42)40-18-16-39(17-19-40)23-34(43)15-9-10-24(20-34)37-31-36-21-28(35)30(38-31)27-22-41(29-14-8-7-13-26(27)29)47(44,45)25-11-5-4-6-12-25;1-27(2,3)38-26(36)35-13-11-34(12-14-35)18-28(37)10-6-7-19(15-28)32-25-31-17-22(29)24(33-25)21-16-30-23-9-5-4-8-20(21)23;/h4-8,11-14,21-22,24,43H,9-10,15-20,23H2,1-3H3,(H,36,37,38);4-5,8-9,16-17,19,30,37H,6-7,10-15,18H2,1-3H3,(H,31,32,33);1H4/t24-,34?;19-,28?;/m11./s1. The fourth-order valence-electron chi connectivity index (χ4n) is 12.0. The molecular weight excluding hydrogens is 1160 g/mol. The Balaban J connectivity index is 0.000000208. The number of para-hydroxylation sites is 2. The van der Waals surface area contributed by atoms with E-state index in [1.165, 1.54) is 10.2 Å². The van der Waals surface area contributed by atoms with E-state index in [1.54, 1.807) is 64.7 Å². The lowest BCUT2D eigenvalue weighted by Crippen LogP contribution is -2.55. The summed E-state index contributed by atoms with van der Waals surface area (Å²) in [4.78, 5) is 54.6. The van der Waals surface area contributed by atoms with Gasteiger partial charge in [-0.1, -0.05) is 85.2 Å². The Bertz CT molecular complexity index is 3600. The first-order valence-corrected chi connectivity index (χ1v) is 31.5. The number of ether oxygens (including phenoxy) is 2. The first kappa shape index (κ1) is 63.9. The zero-order chi connectivity index (χ0) is 60.3. The maximum Gasteiger partial charge on any atom is 0.410 e. The molecule has 4 aliphatic rings. The van der Waals surface area contributed by atoms with Crippen LogP contribution in [0.3, 0.4) is 0 Å². The summed E-state index contributed by atoms with van der Waals surface area (Å²) >= 11 is 13.1. The van der Waals surface area contributed by atoms with Gasteiger partial charge in [0.05, 0.1) is 55.4 Å². The fourth-order valence-corrected chi connectivity index (χ4v) is 13.8. The number of rotatable bonds is 12. The van der Waals surface area contributed by atoms with Crippen molar-refractivity contribution in [2.24, 2.45) is 0 Å². The summed E-state index contributed by atoms with van der Waals surface area (Å²) in [5, 5.41) is 32.6. The molecule has 2 amide bonds. The van der Waals surface area contributed by atoms with Gasteiger partial charge in [0.25, 0.3) is 10.0 Å². The van der Waals surface area contributed by atoms with Gasteiger partial charge in [-0.3, -0.25) is 9.80 Å². The summed E-state index contributed by atoms with van der Waals surface area (Å²) in [5.74, 6) is 0.863. The van der Waals surface area contributed by atoms with Crippen LogP contribution >= 0.6 is 23.2 Å². The molecule has 4 aromatic heterocycles. The van der Waals surface area contributed by atoms with Crippen molar-refractivity contribution in [1.82, 2.24) is 48.5 Å². The summed E-state index contributed by atoms with van der Waals surface area (Å²) in [7, 11) is -3.88. The van der Waals surface area contributed by atoms with Crippen molar-refractivity contribution in [3.63, 3.8) is 0 Å². The highest BCUT2D eigenvalue weighted by Crippen LogP contribution is 2.38. The van der Waals surface area contributed by atoms with E-state index in [0.717, 1.165) is 48.6 Å². The number of aromatic nitrogens is 6. The number of nitrogens with one attached hydrogen (secondary N) is 3. The van der Waals surface area contributed by atoms with E-state index >= 15 is 0 Å². The van der Waals surface area contributed by atoms with Gasteiger partial charge in [-0.15, -0.1) is 0 Å². The third-order valence-electron chi connectivity index (χ3n) is 16.0. The van der Waals surface area contributed by atoms with Gasteiger partial charge in [0, 0.05) is 117 Å². The molecule has 2 unspecified atom stereocenters. The van der Waals surface area contributed by atoms with Gasteiger partial charge in [-0.2, -0.15) is 0 Å². The first-order valence-electron chi connectivity index (χ1n) is 29.3. The summed E-state index contributed by atoms with van der Waals surface area (Å²) in [6.45, 7) is 17.4. The molecule has 4 atom stereocenters. The minimum Gasteiger partial charge on any atom is -0.444 e. The van der Waals surface area contributed by atoms with Crippen molar-refractivity contribution >= 4 is 79.1 Å². The van der Waals surface area contributed by atoms with Crippen molar-refractivity contribution in [3.05, 3.63) is 114 Å². The van der Waals surface area contributed by atoms with Gasteiger partial charge in [0.15, 0.2) is 0 Å². The number of benzene rings is 3. The summed E-state index contributed by atoms with van der Waals surface area (Å²) in [6.07, 6.45) is 12.1. The van der Waals surface area contributed by atoms with Crippen LogP contribution in [0.1, 0.15) is 100 Å². The van der Waals surface area contributed by atoms with Gasteiger partial charge >= 0.3 is 12.2 Å². The van der Waals surface area contributed by atoms with Gasteiger partial charge < -0.3 is 45.1 Å². The van der Waals surface area contributed by atoms with E-state index in [1.807, 2.05) is 84.1 Å². The fraction of sp³-hybridized carbons (Fsp3) is 0.492. The average Bonchev–Trinajstić information content (AvgIpc) is 1.74. The molecule has 2 aliphatic heterocycles. The number of carbonyl (C=O) groups is 2. The molecule has 5 N–H and O–H groups in total. The predicted octanol–water partition coefficient (Wildman–Crippen LogP) is 11.2. The van der Waals surface area contributed by atoms with E-state index in [2.05, 4.69) is 35.4 Å². The number of hydrogen-bond acceptors (Lipinski definition) is 16. The molecule has 2 saturated heterocycles. The lowest BCUT2D eigenvalue weighted by Gasteiger charge is -2.43. The topological polar surface area (TPSA) is 236 Å². The van der Waals surface area contributed by atoms with Crippen molar-refractivity contribution in [3.8, 4) is 22.5 Å². The first-order chi connectivity index (χ1) is 40.4. The molecule has 462 valence electrons. The Kier molecular flexibility index (Phi) is 19.6. The lowest BCUT2D eigenvalue weighted by atomic mass is 9.81. The Morgan fingerprint density at radius 1 is 0.651 bits per heavy atom. The largest absolute Gasteiger partial charge is 0.444 e. The second-order valence-electron chi connectivity index (χ2n) is 25.0. The van der Waals surface area contributed by atoms with Crippen LogP contribution in [0.5, 0.6) is 0 Å². The zero-order valence-corrected chi connectivity index (χ0v) is 51.6. The number of aromatic amines is 1. The number of amides is 2. The molecule has 20 nitrogen and oxygen atoms in total. The molecule has 0 spiro atoms. The smallest absolute Gasteiger partial charge is 0.410 e. The number of β-amino-alcohol motifs (C(OH)–C–C–N with tert-alkyl or cyclic N) is 2. The third-order valence-corrected chi connectivity index (χ3v) is 18.2. The number of halogens is 2. The number of piperazine rings is 2. The third kappa shape index (κ3) is 15.6. The Labute approximate surface area is 514 Å². The number of H-pyrrole nitrogens is 1. The number of aliphatic hydroxyl groups is 2. The molecule has 2 aliphatic carbocycles. The van der Waals surface area contributed by atoms with Crippen LogP contribution in [0.25, 0.3) is 44.3 Å². The maximum absolute atomic E-state index is 13.6. The summed E-state index contributed by atoms with van der Waals surface area (Å²) in [5.41, 5.74) is 1.38. The molecule has 3 aromatic carbocycles. The zero-order valence-electron chi connectivity index (χ0n) is 49.2. The second kappa shape index (κ2) is 26.4. The molecule has 11 rings (SSSR count). The van der Waals surface area contributed by atoms with E-state index in [-0.39, 0.29) is 36.6 Å². The SMILES string of the molecule is C.CC(C)(C)OC(=O)N1CCN(CC2(O)CCC[C@@H](Nc3ncc(Cl)c(-c4c[nH]c5ccccc45)n3)C2)CC1.CC(C)(C)OC(=O)N1CCN(CC2(O)CCC[C@@H](Nc3ncc(Cl)c(-c4cn(S(=O)(=O)c5ccccc5)c5ccccc45)n3)C2)CC1. The monoisotopic (exact) mass is 1240 g/mol. The Morgan fingerprint density at radius 2 is 1.10 bits per heavy atom. The number of carbonyl (C=O) groups excluding carboxylic acids is 2. The van der Waals surface area contributed by atoms with Crippen LogP contribution in [-0.2, 0) is 19.5 Å². The van der Waals surface area contributed by atoms with Crippen molar-refractivity contribution in [2.75, 3.05) is 76.1 Å². The lowest BCUT2D eigenvalue weighted by molar-refractivity contribution is -0.0411. The molecule has 86 heavy (non-hydrogen) atoms. The average molecular weight is 1240 g/mol. The van der Waals surface area contributed by atoms with Crippen LogP contribution < -0.4 is 10.6 Å². The van der Waals surface area contributed by atoms with Gasteiger partial charge in [-0.05, 0) is 117 Å². The minimum atomic E-state index is -3.88. The number of fused-ring (bicyclic) bond motifs is 2. The summed E-state index contributed by atoms with van der Waals surface area (Å²) < 4.78 is 39.6. The van der Waals surface area contributed by atoms with Crippen molar-refractivity contribution in [2.45, 2.75) is 140 Å². The highest BCUT2D eigenvalue weighted by Gasteiger charge is 2.40. The van der Waals surface area contributed by atoms with E-state index < -0.39 is 32.4 Å². The van der Waals surface area contributed by atoms with E-state index in [4.69, 9.17) is 42.6 Å². The quantitative estimate of drug-likeness (QED) is 0.0765. The molecule has 0 radical (unpaired) electrons. The van der Waals surface area contributed by atoms with E-state index in [0.29, 0.717) is 135 Å². The number of nitrogens with zero attached hydrogens (tertiary/aromatic N) is 9. The molecule has 2 saturated carbocycles. The van der Waals surface area contributed by atoms with Crippen LogP contribution in [0.2, 0.25) is 10.0 Å². The second-order valence-corrected chi connectivity index (χ2v) is 27.6. The normalized spacial score (nSPS) is 21.7. The molecule has 6 heterocycles. The highest BCUT2D eigenvalue weighted by atomic mass is 35.5. The molecular formula is C63H82Cl2N12O8S. The molecule has 4 fully saturated rings. The molecule has 23 heteroatoms. The summed E-state index contributed by atoms with van der Waals surface area (Å²) in [6, 6.07) is 23.6. The highest BCUT2D eigenvalue weighted by molar-refractivity contribution is 7.90. The minimum absolute atomic E-state index is 0. The van der Waals surface area contributed by atoms with Crippen molar-refractivity contribution < 1.29 is 37.7 Å². The van der Waals surface area contributed by atoms with Gasteiger partial charge in [0.1, 0.15) is 11.2 Å². The predicted molar refractivity (Wildman–Crippen MR) is 338 cm³/mol.